The van der Waals surface area contributed by atoms with E-state index in [0.29, 0.717) is 23.0 Å². The largest absolute Gasteiger partial charge is 0.355 e. The third-order valence-electron chi connectivity index (χ3n) is 3.60. The lowest BCUT2D eigenvalue weighted by atomic mass is 10.1. The van der Waals surface area contributed by atoms with Crippen LogP contribution >= 0.6 is 24.2 Å². The summed E-state index contributed by atoms with van der Waals surface area (Å²) in [6, 6.07) is 9.19. The van der Waals surface area contributed by atoms with Crippen molar-refractivity contribution in [2.45, 2.75) is 12.8 Å². The summed E-state index contributed by atoms with van der Waals surface area (Å²) in [5.74, 6) is 1.49. The molecule has 122 valence electrons. The predicted molar refractivity (Wildman–Crippen MR) is 93.9 cm³/mol. The number of Topliss-reactive ketones (excluding diaryl/α,β-unsaturated/α-hetero) is 1. The van der Waals surface area contributed by atoms with Gasteiger partial charge >= 0.3 is 0 Å². The molecular weight excluding hydrogens is 320 g/mol. The first-order valence-electron chi connectivity index (χ1n) is 7.39. The number of hydrogen-bond donors (Lipinski definition) is 2. The molecule has 6 heteroatoms. The molecule has 4 nitrogen and oxygen atoms in total. The number of ketones is 1. The van der Waals surface area contributed by atoms with Crippen molar-refractivity contribution in [3.8, 4) is 0 Å². The van der Waals surface area contributed by atoms with Crippen LogP contribution in [0.2, 0.25) is 0 Å². The Bertz CT molecular complexity index is 464. The van der Waals surface area contributed by atoms with Crippen molar-refractivity contribution in [1.29, 1.82) is 0 Å². The fraction of sp³-hybridized carbons (Fsp3) is 0.500. The van der Waals surface area contributed by atoms with Gasteiger partial charge < -0.3 is 10.6 Å². The Balaban J connectivity index is 0.00000242. The van der Waals surface area contributed by atoms with Gasteiger partial charge in [-0.25, -0.2) is 0 Å². The zero-order valence-corrected chi connectivity index (χ0v) is 14.2. The Morgan fingerprint density at radius 3 is 2.68 bits per heavy atom. The van der Waals surface area contributed by atoms with E-state index in [9.17, 15) is 9.59 Å². The van der Waals surface area contributed by atoms with Crippen LogP contribution < -0.4 is 10.6 Å². The molecule has 1 aliphatic rings. The van der Waals surface area contributed by atoms with Crippen LogP contribution in [0.25, 0.3) is 0 Å². The summed E-state index contributed by atoms with van der Waals surface area (Å²) < 4.78 is 0. The summed E-state index contributed by atoms with van der Waals surface area (Å²) in [7, 11) is 0. The second-order valence-corrected chi connectivity index (χ2v) is 6.27. The van der Waals surface area contributed by atoms with Crippen molar-refractivity contribution in [2.24, 2.45) is 5.92 Å². The average Bonchev–Trinajstić information content (AvgIpc) is 3.01. The SMILES string of the molecule is Cl.O=C(CSCC(=O)c1ccccc1)NCCC1CCNC1. The molecule has 2 N–H and O–H groups in total. The number of carbonyl (C=O) groups is 2. The van der Waals surface area contributed by atoms with Gasteiger partial charge in [0.25, 0.3) is 0 Å². The number of amides is 1. The summed E-state index contributed by atoms with van der Waals surface area (Å²) in [5, 5.41) is 6.24. The molecule has 1 atom stereocenters. The molecule has 1 unspecified atom stereocenters. The molecule has 0 radical (unpaired) electrons. The summed E-state index contributed by atoms with van der Waals surface area (Å²) in [5.41, 5.74) is 0.708. The van der Waals surface area contributed by atoms with E-state index in [4.69, 9.17) is 0 Å². The van der Waals surface area contributed by atoms with Crippen LogP contribution in [0, 0.1) is 5.92 Å². The van der Waals surface area contributed by atoms with Crippen LogP contribution in [0.3, 0.4) is 0 Å². The van der Waals surface area contributed by atoms with Crippen LogP contribution in [0.15, 0.2) is 30.3 Å². The van der Waals surface area contributed by atoms with E-state index in [-0.39, 0.29) is 24.1 Å². The maximum Gasteiger partial charge on any atom is 0.230 e. The van der Waals surface area contributed by atoms with E-state index < -0.39 is 0 Å². The molecule has 1 fully saturated rings. The third kappa shape index (κ3) is 6.81. The summed E-state index contributed by atoms with van der Waals surface area (Å²) in [6.07, 6.45) is 2.24. The number of nitrogens with one attached hydrogen (secondary N) is 2. The Labute approximate surface area is 142 Å². The monoisotopic (exact) mass is 342 g/mol. The lowest BCUT2D eigenvalue weighted by Crippen LogP contribution is -2.28. The highest BCUT2D eigenvalue weighted by Crippen LogP contribution is 2.11. The predicted octanol–water partition coefficient (Wildman–Crippen LogP) is 2.14. The van der Waals surface area contributed by atoms with Gasteiger partial charge in [0.15, 0.2) is 5.78 Å². The van der Waals surface area contributed by atoms with E-state index in [2.05, 4.69) is 10.6 Å². The number of thioether (sulfide) groups is 1. The molecule has 0 bridgehead atoms. The minimum absolute atomic E-state index is 0. The molecule has 1 heterocycles. The fourth-order valence-electron chi connectivity index (χ4n) is 2.37. The molecule has 1 saturated heterocycles. The van der Waals surface area contributed by atoms with E-state index in [1.54, 1.807) is 12.1 Å². The van der Waals surface area contributed by atoms with Gasteiger partial charge in [0.05, 0.1) is 11.5 Å². The smallest absolute Gasteiger partial charge is 0.230 e. The van der Waals surface area contributed by atoms with Gasteiger partial charge in [-0.05, 0) is 31.8 Å². The standard InChI is InChI=1S/C16H22N2O2S.ClH/c19-15(14-4-2-1-3-5-14)11-21-12-16(20)18-9-7-13-6-8-17-10-13;/h1-5,13,17H,6-12H2,(H,18,20);1H. The van der Waals surface area contributed by atoms with Crippen molar-refractivity contribution < 1.29 is 9.59 Å². The van der Waals surface area contributed by atoms with E-state index in [1.165, 1.54) is 18.2 Å². The van der Waals surface area contributed by atoms with Gasteiger partial charge in [-0.1, -0.05) is 30.3 Å². The first-order valence-corrected chi connectivity index (χ1v) is 8.54. The third-order valence-corrected chi connectivity index (χ3v) is 4.53. The maximum absolute atomic E-state index is 11.9. The molecule has 2 rings (SSSR count). The molecule has 0 aliphatic carbocycles. The van der Waals surface area contributed by atoms with E-state index >= 15 is 0 Å². The molecule has 1 aliphatic heterocycles. The number of hydrogen-bond acceptors (Lipinski definition) is 4. The number of halogens is 1. The van der Waals surface area contributed by atoms with Gasteiger partial charge in [0.2, 0.25) is 5.91 Å². The molecule has 1 aromatic carbocycles. The number of rotatable bonds is 8. The van der Waals surface area contributed by atoms with Crippen LogP contribution in [-0.4, -0.2) is 42.8 Å². The highest BCUT2D eigenvalue weighted by molar-refractivity contribution is 8.00. The van der Waals surface area contributed by atoms with Gasteiger partial charge in [0, 0.05) is 12.1 Å². The maximum atomic E-state index is 11.9. The Morgan fingerprint density at radius 1 is 1.23 bits per heavy atom. The van der Waals surface area contributed by atoms with Crippen molar-refractivity contribution in [3.63, 3.8) is 0 Å². The normalized spacial score (nSPS) is 16.8. The number of benzene rings is 1. The molecule has 0 spiro atoms. The van der Waals surface area contributed by atoms with Crippen molar-refractivity contribution in [1.82, 2.24) is 10.6 Å². The Morgan fingerprint density at radius 2 is 2.00 bits per heavy atom. The molecular formula is C16H23ClN2O2S. The van der Waals surface area contributed by atoms with Gasteiger partial charge in [-0.15, -0.1) is 24.2 Å². The Kier molecular flexibility index (Phi) is 9.20. The van der Waals surface area contributed by atoms with Crippen LogP contribution in [0.1, 0.15) is 23.2 Å². The topological polar surface area (TPSA) is 58.2 Å². The van der Waals surface area contributed by atoms with Gasteiger partial charge in [-0.2, -0.15) is 0 Å². The fourth-order valence-corrected chi connectivity index (χ4v) is 3.11. The first-order chi connectivity index (χ1) is 10.3. The second-order valence-electron chi connectivity index (χ2n) is 5.28. The Hall–Kier alpha value is -1.04. The van der Waals surface area contributed by atoms with Gasteiger partial charge in [-0.3, -0.25) is 9.59 Å². The first kappa shape index (κ1) is 19.0. The van der Waals surface area contributed by atoms with Crippen LogP contribution in [0.5, 0.6) is 0 Å². The average molecular weight is 343 g/mol. The van der Waals surface area contributed by atoms with Crippen molar-refractivity contribution in [3.05, 3.63) is 35.9 Å². The molecule has 1 aromatic rings. The van der Waals surface area contributed by atoms with E-state index in [0.717, 1.165) is 26.1 Å². The molecule has 0 aromatic heterocycles. The minimum Gasteiger partial charge on any atom is -0.355 e. The van der Waals surface area contributed by atoms with Crippen molar-refractivity contribution in [2.75, 3.05) is 31.1 Å². The highest BCUT2D eigenvalue weighted by Gasteiger charge is 2.14. The lowest BCUT2D eigenvalue weighted by Gasteiger charge is -2.09. The minimum atomic E-state index is 0. The summed E-state index contributed by atoms with van der Waals surface area (Å²) in [6.45, 7) is 2.89. The molecule has 1 amide bonds. The zero-order chi connectivity index (χ0) is 14.9. The zero-order valence-electron chi connectivity index (χ0n) is 12.5. The molecule has 0 saturated carbocycles. The number of carbonyl (C=O) groups excluding carboxylic acids is 2. The van der Waals surface area contributed by atoms with Crippen LogP contribution in [0.4, 0.5) is 0 Å². The highest BCUT2D eigenvalue weighted by atomic mass is 35.5. The van der Waals surface area contributed by atoms with Gasteiger partial charge in [0.1, 0.15) is 0 Å². The lowest BCUT2D eigenvalue weighted by molar-refractivity contribution is -0.118. The van der Waals surface area contributed by atoms with Crippen LogP contribution in [-0.2, 0) is 4.79 Å². The quantitative estimate of drug-likeness (QED) is 0.711. The second kappa shape index (κ2) is 10.6. The summed E-state index contributed by atoms with van der Waals surface area (Å²) in [4.78, 5) is 23.5. The van der Waals surface area contributed by atoms with E-state index in [1.807, 2.05) is 18.2 Å². The molecule has 22 heavy (non-hydrogen) atoms. The van der Waals surface area contributed by atoms with Crippen molar-refractivity contribution >= 4 is 35.9 Å². The summed E-state index contributed by atoms with van der Waals surface area (Å²) >= 11 is 1.37.